The third-order valence-corrected chi connectivity index (χ3v) is 4.66. The number of aryl methyl sites for hydroxylation is 2. The Balaban J connectivity index is 2.81. The largest absolute Gasteiger partial charge is 0.295 e. The molecule has 0 bridgehead atoms. The molecule has 3 nitrogen and oxygen atoms in total. The van der Waals surface area contributed by atoms with Gasteiger partial charge in [-0.2, -0.15) is 5.10 Å². The van der Waals surface area contributed by atoms with E-state index in [1.54, 1.807) is 0 Å². The van der Waals surface area contributed by atoms with E-state index in [0.29, 0.717) is 6.04 Å². The van der Waals surface area contributed by atoms with Crippen molar-refractivity contribution in [1.29, 1.82) is 0 Å². The van der Waals surface area contributed by atoms with Crippen molar-refractivity contribution in [2.45, 2.75) is 59.5 Å². The van der Waals surface area contributed by atoms with E-state index < -0.39 is 0 Å². The van der Waals surface area contributed by atoms with Crippen LogP contribution in [0.4, 0.5) is 0 Å². The minimum Gasteiger partial charge on any atom is -0.295 e. The molecule has 0 N–H and O–H groups in total. The number of hydrogen-bond acceptors (Lipinski definition) is 2. The topological polar surface area (TPSA) is 21.1 Å². The van der Waals surface area contributed by atoms with Crippen LogP contribution in [0.5, 0.6) is 0 Å². The highest BCUT2D eigenvalue weighted by molar-refractivity contribution is 9.10. The van der Waals surface area contributed by atoms with Crippen LogP contribution in [0.2, 0.25) is 0 Å². The normalized spacial score (nSPS) is 13.3. The maximum atomic E-state index is 4.47. The van der Waals surface area contributed by atoms with E-state index in [9.17, 15) is 0 Å². The average Bonchev–Trinajstić information content (AvgIpc) is 2.59. The molecule has 104 valence electrons. The molecule has 0 aliphatic carbocycles. The van der Waals surface area contributed by atoms with Crippen molar-refractivity contribution in [1.82, 2.24) is 14.7 Å². The number of aromatic nitrogens is 2. The lowest BCUT2D eigenvalue weighted by atomic mass is 10.2. The molecule has 0 aromatic carbocycles. The third kappa shape index (κ3) is 3.82. The second-order valence-electron chi connectivity index (χ2n) is 5.05. The second-order valence-corrected chi connectivity index (χ2v) is 5.84. The van der Waals surface area contributed by atoms with Gasteiger partial charge in [0, 0.05) is 19.6 Å². The molecule has 1 rings (SSSR count). The predicted octanol–water partition coefficient (Wildman–Crippen LogP) is 3.89. The summed E-state index contributed by atoms with van der Waals surface area (Å²) in [5.74, 6) is 0. The van der Waals surface area contributed by atoms with Crippen LogP contribution in [-0.4, -0.2) is 27.3 Å². The first kappa shape index (κ1) is 15.7. The average molecular weight is 316 g/mol. The molecule has 0 spiro atoms. The molecule has 1 aromatic heterocycles. The van der Waals surface area contributed by atoms with E-state index in [0.717, 1.165) is 16.7 Å². The molecule has 1 aromatic rings. The zero-order valence-corrected chi connectivity index (χ0v) is 13.9. The Kier molecular flexibility index (Phi) is 6.36. The Morgan fingerprint density at radius 3 is 2.50 bits per heavy atom. The lowest BCUT2D eigenvalue weighted by Crippen LogP contribution is -2.33. The molecular formula is C14H26BrN3. The summed E-state index contributed by atoms with van der Waals surface area (Å²) in [4.78, 5) is 2.56. The van der Waals surface area contributed by atoms with E-state index >= 15 is 0 Å². The Morgan fingerprint density at radius 1 is 1.39 bits per heavy atom. The molecule has 0 saturated carbocycles. The standard InChI is InChI=1S/C14H26BrN3/c1-6-8-9-18(11(3)7-2)10-13-14(15)12(4)16-17(13)5/h11H,6-10H2,1-5H3. The summed E-state index contributed by atoms with van der Waals surface area (Å²) < 4.78 is 3.16. The zero-order valence-electron chi connectivity index (χ0n) is 12.3. The first-order valence-corrected chi connectivity index (χ1v) is 7.72. The van der Waals surface area contributed by atoms with Crippen LogP contribution in [-0.2, 0) is 13.6 Å². The molecule has 0 saturated heterocycles. The van der Waals surface area contributed by atoms with E-state index in [1.165, 1.54) is 31.5 Å². The van der Waals surface area contributed by atoms with Gasteiger partial charge in [-0.1, -0.05) is 20.3 Å². The van der Waals surface area contributed by atoms with Crippen LogP contribution in [0, 0.1) is 6.92 Å². The van der Waals surface area contributed by atoms with Gasteiger partial charge < -0.3 is 0 Å². The molecule has 0 aliphatic heterocycles. The molecule has 0 radical (unpaired) electrons. The lowest BCUT2D eigenvalue weighted by molar-refractivity contribution is 0.187. The SMILES string of the molecule is CCCCN(Cc1c(Br)c(C)nn1C)C(C)CC. The van der Waals surface area contributed by atoms with Gasteiger partial charge in [0.05, 0.1) is 15.9 Å². The Hall–Kier alpha value is -0.350. The Morgan fingerprint density at radius 2 is 2.06 bits per heavy atom. The summed E-state index contributed by atoms with van der Waals surface area (Å²) in [5.41, 5.74) is 2.36. The van der Waals surface area contributed by atoms with Crippen LogP contribution in [0.15, 0.2) is 4.47 Å². The van der Waals surface area contributed by atoms with Crippen molar-refractivity contribution in [3.63, 3.8) is 0 Å². The van der Waals surface area contributed by atoms with E-state index in [4.69, 9.17) is 0 Å². The van der Waals surface area contributed by atoms with Crippen molar-refractivity contribution < 1.29 is 0 Å². The van der Waals surface area contributed by atoms with Crippen molar-refractivity contribution in [2.75, 3.05) is 6.54 Å². The van der Waals surface area contributed by atoms with Crippen LogP contribution in [0.3, 0.4) is 0 Å². The summed E-state index contributed by atoms with van der Waals surface area (Å²) >= 11 is 3.66. The molecule has 4 heteroatoms. The maximum absolute atomic E-state index is 4.47. The van der Waals surface area contributed by atoms with Crippen molar-refractivity contribution in [3.05, 3.63) is 15.9 Å². The van der Waals surface area contributed by atoms with Crippen LogP contribution < -0.4 is 0 Å². The van der Waals surface area contributed by atoms with Gasteiger partial charge >= 0.3 is 0 Å². The molecule has 0 amide bonds. The summed E-state index contributed by atoms with van der Waals surface area (Å²) in [5, 5.41) is 4.47. The number of nitrogens with zero attached hydrogens (tertiary/aromatic N) is 3. The minimum absolute atomic E-state index is 0.624. The number of halogens is 1. The first-order valence-electron chi connectivity index (χ1n) is 6.93. The van der Waals surface area contributed by atoms with Gasteiger partial charge in [0.15, 0.2) is 0 Å². The first-order chi connectivity index (χ1) is 8.51. The summed E-state index contributed by atoms with van der Waals surface area (Å²) in [6, 6.07) is 0.624. The molecule has 18 heavy (non-hydrogen) atoms. The monoisotopic (exact) mass is 315 g/mol. The number of unbranched alkanes of at least 4 members (excludes halogenated alkanes) is 1. The highest BCUT2D eigenvalue weighted by atomic mass is 79.9. The highest BCUT2D eigenvalue weighted by Gasteiger charge is 2.17. The number of rotatable bonds is 7. The molecule has 0 aliphatic rings. The molecule has 0 fully saturated rings. The van der Waals surface area contributed by atoms with Crippen molar-refractivity contribution in [2.24, 2.45) is 7.05 Å². The smallest absolute Gasteiger partial charge is 0.0739 e. The third-order valence-electron chi connectivity index (χ3n) is 3.63. The highest BCUT2D eigenvalue weighted by Crippen LogP contribution is 2.23. The van der Waals surface area contributed by atoms with Crippen molar-refractivity contribution >= 4 is 15.9 Å². The molecule has 1 atom stereocenters. The van der Waals surface area contributed by atoms with Crippen LogP contribution in [0.1, 0.15) is 51.4 Å². The van der Waals surface area contributed by atoms with Gasteiger partial charge in [-0.15, -0.1) is 0 Å². The summed E-state index contributed by atoms with van der Waals surface area (Å²) in [6.45, 7) is 11.0. The molecule has 1 heterocycles. The predicted molar refractivity (Wildman–Crippen MR) is 80.7 cm³/mol. The quantitative estimate of drug-likeness (QED) is 0.761. The molecular weight excluding hydrogens is 290 g/mol. The molecule has 1 unspecified atom stereocenters. The van der Waals surface area contributed by atoms with E-state index in [-0.39, 0.29) is 0 Å². The lowest BCUT2D eigenvalue weighted by Gasteiger charge is -2.28. The van der Waals surface area contributed by atoms with Gasteiger partial charge in [-0.05, 0) is 49.2 Å². The van der Waals surface area contributed by atoms with Gasteiger partial charge in [0.1, 0.15) is 0 Å². The van der Waals surface area contributed by atoms with E-state index in [1.807, 2.05) is 18.7 Å². The van der Waals surface area contributed by atoms with Crippen LogP contribution >= 0.6 is 15.9 Å². The summed E-state index contributed by atoms with van der Waals surface area (Å²) in [6.07, 6.45) is 3.70. The van der Waals surface area contributed by atoms with Gasteiger partial charge in [0.2, 0.25) is 0 Å². The Labute approximate surface area is 120 Å². The van der Waals surface area contributed by atoms with Crippen LogP contribution in [0.25, 0.3) is 0 Å². The van der Waals surface area contributed by atoms with Gasteiger partial charge in [-0.25, -0.2) is 0 Å². The fourth-order valence-electron chi connectivity index (χ4n) is 2.12. The number of hydrogen-bond donors (Lipinski definition) is 0. The minimum atomic E-state index is 0.624. The van der Waals surface area contributed by atoms with Crippen molar-refractivity contribution in [3.8, 4) is 0 Å². The second kappa shape index (κ2) is 7.29. The van der Waals surface area contributed by atoms with Gasteiger partial charge in [0.25, 0.3) is 0 Å². The maximum Gasteiger partial charge on any atom is 0.0739 e. The Bertz CT molecular complexity index is 373. The zero-order chi connectivity index (χ0) is 13.7. The fraction of sp³-hybridized carbons (Fsp3) is 0.786. The fourth-order valence-corrected chi connectivity index (χ4v) is 2.58. The summed E-state index contributed by atoms with van der Waals surface area (Å²) in [7, 11) is 2.03. The van der Waals surface area contributed by atoms with E-state index in [2.05, 4.69) is 46.7 Å². The van der Waals surface area contributed by atoms with Gasteiger partial charge in [-0.3, -0.25) is 9.58 Å².